The van der Waals surface area contributed by atoms with Gasteiger partial charge in [0.05, 0.1) is 19.2 Å². The highest BCUT2D eigenvalue weighted by atomic mass is 32.2. The van der Waals surface area contributed by atoms with Gasteiger partial charge in [0.2, 0.25) is 17.7 Å². The maximum Gasteiger partial charge on any atom is 0.328 e. The molecule has 0 bridgehead atoms. The van der Waals surface area contributed by atoms with Crippen LogP contribution in [0, 0.1) is 0 Å². The number of hydrogen-bond donors (Lipinski definition) is 6. The first-order chi connectivity index (χ1) is 12.4. The van der Waals surface area contributed by atoms with E-state index in [2.05, 4.69) is 21.3 Å². The maximum absolute atomic E-state index is 12.3. The summed E-state index contributed by atoms with van der Waals surface area (Å²) in [5.41, 5.74) is 0. The number of carboxylic acids is 1. The van der Waals surface area contributed by atoms with Gasteiger partial charge in [-0.25, -0.2) is 4.79 Å². The van der Waals surface area contributed by atoms with Crippen LogP contribution in [0.15, 0.2) is 0 Å². The van der Waals surface area contributed by atoms with E-state index in [1.165, 1.54) is 11.8 Å². The van der Waals surface area contributed by atoms with E-state index in [1.807, 2.05) is 6.26 Å². The van der Waals surface area contributed by atoms with Crippen molar-refractivity contribution in [2.24, 2.45) is 0 Å². The second kappa shape index (κ2) is 11.7. The Morgan fingerprint density at radius 1 is 1.23 bits per heavy atom. The minimum absolute atomic E-state index is 0.251. The molecule has 0 aromatic rings. The molecule has 1 aliphatic heterocycles. The number of aliphatic carboxylic acids is 1. The van der Waals surface area contributed by atoms with Crippen LogP contribution in [0.5, 0.6) is 0 Å². The lowest BCUT2D eigenvalue weighted by Gasteiger charge is -2.20. The Kier molecular flexibility index (Phi) is 9.99. The number of rotatable bonds is 11. The molecule has 3 atom stereocenters. The number of carbonyl (C=O) groups is 4. The number of carboxylic acid groups (broad SMARTS) is 1. The second-order valence-electron chi connectivity index (χ2n) is 5.85. The van der Waals surface area contributed by atoms with Crippen molar-refractivity contribution in [2.45, 2.75) is 37.4 Å². The van der Waals surface area contributed by atoms with Crippen LogP contribution in [-0.4, -0.2) is 83.7 Å². The Balaban J connectivity index is 2.52. The first kappa shape index (κ1) is 22.2. The monoisotopic (exact) mass is 390 g/mol. The first-order valence-electron chi connectivity index (χ1n) is 8.32. The first-order valence-corrected chi connectivity index (χ1v) is 9.71. The van der Waals surface area contributed by atoms with Crippen LogP contribution in [0.1, 0.15) is 19.3 Å². The topological polar surface area (TPSA) is 157 Å². The fourth-order valence-corrected chi connectivity index (χ4v) is 2.88. The van der Waals surface area contributed by atoms with Gasteiger partial charge in [-0.15, -0.1) is 0 Å². The number of thioether (sulfide) groups is 1. The number of amides is 3. The summed E-state index contributed by atoms with van der Waals surface area (Å²) < 4.78 is 0. The zero-order valence-corrected chi connectivity index (χ0v) is 15.4. The van der Waals surface area contributed by atoms with Crippen molar-refractivity contribution < 1.29 is 29.4 Å². The standard InChI is InChI=1S/C15H26N4O6S/c1-26-6-4-10(19-14(23)9-3-2-5-16-9)13(22)17-7-12(21)18-11(8-20)15(24)25/h9-11,16,20H,2-8H2,1H3,(H,17,22)(H,18,21)(H,19,23)(H,24,25). The molecule has 6 N–H and O–H groups in total. The third-order valence-electron chi connectivity index (χ3n) is 3.86. The molecule has 1 fully saturated rings. The van der Waals surface area contributed by atoms with Crippen molar-refractivity contribution in [1.29, 1.82) is 0 Å². The second-order valence-corrected chi connectivity index (χ2v) is 6.84. The molecule has 10 nitrogen and oxygen atoms in total. The summed E-state index contributed by atoms with van der Waals surface area (Å²) in [4.78, 5) is 46.9. The minimum atomic E-state index is -1.43. The Bertz CT molecular complexity index is 512. The largest absolute Gasteiger partial charge is 0.480 e. The molecule has 26 heavy (non-hydrogen) atoms. The van der Waals surface area contributed by atoms with Crippen LogP contribution in [0.3, 0.4) is 0 Å². The molecule has 0 spiro atoms. The smallest absolute Gasteiger partial charge is 0.328 e. The summed E-state index contributed by atoms with van der Waals surface area (Å²) in [5, 5.41) is 27.9. The molecule has 11 heteroatoms. The van der Waals surface area contributed by atoms with E-state index in [0.717, 1.165) is 13.0 Å². The molecule has 0 radical (unpaired) electrons. The van der Waals surface area contributed by atoms with Gasteiger partial charge in [0.25, 0.3) is 0 Å². The predicted molar refractivity (Wildman–Crippen MR) is 95.6 cm³/mol. The lowest BCUT2D eigenvalue weighted by molar-refractivity contribution is -0.142. The normalized spacial score (nSPS) is 18.6. The van der Waals surface area contributed by atoms with Crippen LogP contribution < -0.4 is 21.3 Å². The molecular formula is C15H26N4O6S. The van der Waals surface area contributed by atoms with Gasteiger partial charge < -0.3 is 31.5 Å². The minimum Gasteiger partial charge on any atom is -0.480 e. The molecule has 3 amide bonds. The lowest BCUT2D eigenvalue weighted by atomic mass is 10.1. The number of aliphatic hydroxyl groups is 1. The molecule has 1 heterocycles. The van der Waals surface area contributed by atoms with Crippen molar-refractivity contribution in [3.63, 3.8) is 0 Å². The van der Waals surface area contributed by atoms with Crippen molar-refractivity contribution in [1.82, 2.24) is 21.3 Å². The fourth-order valence-electron chi connectivity index (χ4n) is 2.41. The van der Waals surface area contributed by atoms with Gasteiger partial charge in [-0.1, -0.05) is 0 Å². The van der Waals surface area contributed by atoms with Crippen LogP contribution in [0.2, 0.25) is 0 Å². The summed E-state index contributed by atoms with van der Waals surface area (Å²) in [5.74, 6) is -2.24. The zero-order valence-electron chi connectivity index (χ0n) is 14.6. The van der Waals surface area contributed by atoms with Gasteiger partial charge in [0.1, 0.15) is 12.1 Å². The van der Waals surface area contributed by atoms with E-state index >= 15 is 0 Å². The quantitative estimate of drug-likeness (QED) is 0.229. The van der Waals surface area contributed by atoms with Gasteiger partial charge >= 0.3 is 5.97 Å². The van der Waals surface area contributed by atoms with Crippen LogP contribution in [-0.2, 0) is 19.2 Å². The summed E-state index contributed by atoms with van der Waals surface area (Å²) in [6.45, 7) is -0.443. The van der Waals surface area contributed by atoms with E-state index in [1.54, 1.807) is 0 Å². The third-order valence-corrected chi connectivity index (χ3v) is 4.50. The fraction of sp³-hybridized carbons (Fsp3) is 0.733. The highest BCUT2D eigenvalue weighted by Gasteiger charge is 2.27. The van der Waals surface area contributed by atoms with Crippen molar-refractivity contribution in [3.05, 3.63) is 0 Å². The molecule has 0 aromatic heterocycles. The molecule has 1 rings (SSSR count). The van der Waals surface area contributed by atoms with Crippen LogP contribution >= 0.6 is 11.8 Å². The van der Waals surface area contributed by atoms with E-state index in [0.29, 0.717) is 18.6 Å². The Morgan fingerprint density at radius 2 is 1.96 bits per heavy atom. The molecule has 1 aliphatic rings. The van der Waals surface area contributed by atoms with Gasteiger partial charge in [0, 0.05) is 0 Å². The highest BCUT2D eigenvalue weighted by Crippen LogP contribution is 2.07. The molecule has 0 aromatic carbocycles. The zero-order chi connectivity index (χ0) is 19.5. The molecule has 0 saturated carbocycles. The molecule has 148 valence electrons. The lowest BCUT2D eigenvalue weighted by Crippen LogP contribution is -2.53. The average Bonchev–Trinajstić information content (AvgIpc) is 3.15. The maximum atomic E-state index is 12.3. The van der Waals surface area contributed by atoms with E-state index in [-0.39, 0.29) is 11.9 Å². The van der Waals surface area contributed by atoms with E-state index in [4.69, 9.17) is 10.2 Å². The SMILES string of the molecule is CSCCC(NC(=O)C1CCCN1)C(=O)NCC(=O)NC(CO)C(=O)O. The molecule has 1 saturated heterocycles. The summed E-state index contributed by atoms with van der Waals surface area (Å²) in [6, 6.07) is -2.53. The third kappa shape index (κ3) is 7.58. The van der Waals surface area contributed by atoms with Gasteiger partial charge in [-0.2, -0.15) is 11.8 Å². The molecule has 3 unspecified atom stereocenters. The van der Waals surface area contributed by atoms with E-state index in [9.17, 15) is 19.2 Å². The number of aliphatic hydroxyl groups excluding tert-OH is 1. The predicted octanol–water partition coefficient (Wildman–Crippen LogP) is -2.35. The van der Waals surface area contributed by atoms with Crippen molar-refractivity contribution in [3.8, 4) is 0 Å². The summed E-state index contributed by atoms with van der Waals surface area (Å²) in [7, 11) is 0. The van der Waals surface area contributed by atoms with Crippen LogP contribution in [0.4, 0.5) is 0 Å². The van der Waals surface area contributed by atoms with Gasteiger partial charge in [-0.3, -0.25) is 14.4 Å². The van der Waals surface area contributed by atoms with Gasteiger partial charge in [-0.05, 0) is 37.8 Å². The van der Waals surface area contributed by atoms with Gasteiger partial charge in [0.15, 0.2) is 0 Å². The number of hydrogen-bond acceptors (Lipinski definition) is 7. The summed E-state index contributed by atoms with van der Waals surface area (Å²) in [6.07, 6.45) is 3.89. The molecule has 0 aliphatic carbocycles. The molecular weight excluding hydrogens is 364 g/mol. The summed E-state index contributed by atoms with van der Waals surface area (Å²) >= 11 is 1.53. The Labute approximate surface area is 155 Å². The highest BCUT2D eigenvalue weighted by molar-refractivity contribution is 7.98. The van der Waals surface area contributed by atoms with Crippen molar-refractivity contribution in [2.75, 3.05) is 31.7 Å². The Morgan fingerprint density at radius 3 is 2.50 bits per heavy atom. The average molecular weight is 390 g/mol. The Hall–Kier alpha value is -1.85. The van der Waals surface area contributed by atoms with E-state index < -0.39 is 43.0 Å². The van der Waals surface area contributed by atoms with Crippen molar-refractivity contribution >= 4 is 35.5 Å². The number of carbonyl (C=O) groups excluding carboxylic acids is 3. The number of nitrogens with one attached hydrogen (secondary N) is 4. The van der Waals surface area contributed by atoms with Crippen LogP contribution in [0.25, 0.3) is 0 Å².